The second-order valence-electron chi connectivity index (χ2n) is 0.949. The van der Waals surface area contributed by atoms with Crippen molar-refractivity contribution in [3.63, 3.8) is 0 Å². The Hall–Kier alpha value is -0.990. The quantitative estimate of drug-likeness (QED) is 0.513. The molecule has 0 aliphatic carbocycles. The highest BCUT2D eigenvalue weighted by Crippen LogP contribution is 1.61. The Kier molecular flexibility index (Phi) is 2.76. The van der Waals surface area contributed by atoms with Gasteiger partial charge in [-0.05, 0) is 6.92 Å². The first-order valence-electron chi connectivity index (χ1n) is 1.88. The fourth-order valence-electron chi connectivity index (χ4n) is 0.155. The van der Waals surface area contributed by atoms with E-state index in [0.717, 1.165) is 0 Å². The van der Waals surface area contributed by atoms with E-state index in [1.165, 1.54) is 6.20 Å². The molecule has 0 heterocycles. The van der Waals surface area contributed by atoms with Gasteiger partial charge in [0.25, 0.3) is 0 Å². The van der Waals surface area contributed by atoms with Crippen molar-refractivity contribution in [3.05, 3.63) is 12.3 Å². The van der Waals surface area contributed by atoms with E-state index < -0.39 is 6.09 Å². The molecule has 2 N–H and O–H groups in total. The van der Waals surface area contributed by atoms with Crippen LogP contribution < -0.4 is 5.32 Å². The Bertz CT molecular complexity index is 87.7. The van der Waals surface area contributed by atoms with Gasteiger partial charge < -0.3 is 5.11 Å². The molecule has 0 aromatic heterocycles. The molecule has 0 aliphatic heterocycles. The Morgan fingerprint density at radius 3 is 2.57 bits per heavy atom. The molecule has 0 atom stereocenters. The number of carboxylic acid groups (broad SMARTS) is 1. The fourth-order valence-corrected chi connectivity index (χ4v) is 0.155. The zero-order valence-corrected chi connectivity index (χ0v) is 4.01. The van der Waals surface area contributed by atoms with Crippen molar-refractivity contribution in [1.29, 1.82) is 0 Å². The SMILES string of the molecule is C/C=C/NC(=O)O. The van der Waals surface area contributed by atoms with Crippen LogP contribution in [0.3, 0.4) is 0 Å². The highest BCUT2D eigenvalue weighted by Gasteiger charge is 1.81. The minimum Gasteiger partial charge on any atom is -0.465 e. The first-order chi connectivity index (χ1) is 3.27. The Balaban J connectivity index is 3.14. The van der Waals surface area contributed by atoms with E-state index in [9.17, 15) is 4.79 Å². The number of amides is 1. The van der Waals surface area contributed by atoms with Gasteiger partial charge in [-0.25, -0.2) is 4.79 Å². The third-order valence-corrected chi connectivity index (χ3v) is 0.373. The average Bonchev–Trinajstić information content (AvgIpc) is 1.61. The molecule has 0 saturated heterocycles. The van der Waals surface area contributed by atoms with Crippen LogP contribution in [0.5, 0.6) is 0 Å². The van der Waals surface area contributed by atoms with Gasteiger partial charge in [0.2, 0.25) is 0 Å². The van der Waals surface area contributed by atoms with Gasteiger partial charge in [-0.15, -0.1) is 0 Å². The number of hydrogen-bond donors (Lipinski definition) is 2. The monoisotopic (exact) mass is 101 g/mol. The van der Waals surface area contributed by atoms with Crippen molar-refractivity contribution in [2.45, 2.75) is 6.92 Å². The summed E-state index contributed by atoms with van der Waals surface area (Å²) in [4.78, 5) is 9.60. The van der Waals surface area contributed by atoms with Gasteiger partial charge in [-0.3, -0.25) is 5.32 Å². The summed E-state index contributed by atoms with van der Waals surface area (Å²) in [5.74, 6) is 0. The summed E-state index contributed by atoms with van der Waals surface area (Å²) in [6.07, 6.45) is 1.93. The van der Waals surface area contributed by atoms with Crippen molar-refractivity contribution in [2.24, 2.45) is 0 Å². The van der Waals surface area contributed by atoms with Crippen LogP contribution in [0.1, 0.15) is 6.92 Å². The van der Waals surface area contributed by atoms with Crippen LogP contribution in [0.4, 0.5) is 4.79 Å². The standard InChI is InChI=1S/C4H7NO2/c1-2-3-5-4(6)7/h2-3,5H,1H3,(H,6,7)/b3-2+. The summed E-state index contributed by atoms with van der Waals surface area (Å²) in [6.45, 7) is 1.73. The van der Waals surface area contributed by atoms with Crippen LogP contribution in [-0.4, -0.2) is 11.2 Å². The van der Waals surface area contributed by atoms with E-state index in [1.54, 1.807) is 13.0 Å². The number of nitrogens with one attached hydrogen (secondary N) is 1. The first kappa shape index (κ1) is 6.01. The van der Waals surface area contributed by atoms with Crippen LogP contribution >= 0.6 is 0 Å². The zero-order chi connectivity index (χ0) is 5.70. The molecule has 0 rings (SSSR count). The zero-order valence-electron chi connectivity index (χ0n) is 4.01. The van der Waals surface area contributed by atoms with E-state index in [1.807, 2.05) is 5.32 Å². The predicted molar refractivity (Wildman–Crippen MR) is 26.0 cm³/mol. The molecule has 0 unspecified atom stereocenters. The highest BCUT2D eigenvalue weighted by atomic mass is 16.4. The van der Waals surface area contributed by atoms with Gasteiger partial charge >= 0.3 is 6.09 Å². The van der Waals surface area contributed by atoms with Crippen molar-refractivity contribution in [1.82, 2.24) is 5.32 Å². The molecule has 7 heavy (non-hydrogen) atoms. The van der Waals surface area contributed by atoms with Crippen molar-refractivity contribution >= 4 is 6.09 Å². The van der Waals surface area contributed by atoms with E-state index in [0.29, 0.717) is 0 Å². The molecular weight excluding hydrogens is 94.0 g/mol. The lowest BCUT2D eigenvalue weighted by atomic mass is 10.7. The third-order valence-electron chi connectivity index (χ3n) is 0.373. The molecule has 0 bridgehead atoms. The summed E-state index contributed by atoms with van der Waals surface area (Å²) < 4.78 is 0. The normalized spacial score (nSPS) is 9.29. The Morgan fingerprint density at radius 1 is 1.86 bits per heavy atom. The fraction of sp³-hybridized carbons (Fsp3) is 0.250. The third kappa shape index (κ3) is 5.01. The maximum absolute atomic E-state index is 9.60. The molecule has 3 nitrogen and oxygen atoms in total. The second kappa shape index (κ2) is 3.21. The van der Waals surface area contributed by atoms with Gasteiger partial charge in [-0.2, -0.15) is 0 Å². The second-order valence-corrected chi connectivity index (χ2v) is 0.949. The molecule has 1 amide bonds. The smallest absolute Gasteiger partial charge is 0.408 e. The van der Waals surface area contributed by atoms with Crippen LogP contribution in [0.25, 0.3) is 0 Å². The maximum atomic E-state index is 9.60. The van der Waals surface area contributed by atoms with Gasteiger partial charge in [0.1, 0.15) is 0 Å². The molecule has 0 aliphatic rings. The lowest BCUT2D eigenvalue weighted by molar-refractivity contribution is 0.198. The van der Waals surface area contributed by atoms with Gasteiger partial charge in [0, 0.05) is 6.20 Å². The first-order valence-corrected chi connectivity index (χ1v) is 1.88. The number of rotatable bonds is 1. The van der Waals surface area contributed by atoms with E-state index in [-0.39, 0.29) is 0 Å². The van der Waals surface area contributed by atoms with Crippen molar-refractivity contribution in [3.8, 4) is 0 Å². The molecule has 40 valence electrons. The lowest BCUT2D eigenvalue weighted by Crippen LogP contribution is -2.12. The predicted octanol–water partition coefficient (Wildman–Crippen LogP) is 0.788. The molecule has 0 spiro atoms. The molecule has 3 heteroatoms. The summed E-state index contributed by atoms with van der Waals surface area (Å²) in [5, 5.41) is 9.91. The summed E-state index contributed by atoms with van der Waals surface area (Å²) in [6, 6.07) is 0. The van der Waals surface area contributed by atoms with Crippen molar-refractivity contribution < 1.29 is 9.90 Å². The number of allylic oxidation sites excluding steroid dienone is 1. The molecule has 0 aromatic carbocycles. The van der Waals surface area contributed by atoms with Crippen molar-refractivity contribution in [2.75, 3.05) is 0 Å². The maximum Gasteiger partial charge on any atom is 0.408 e. The van der Waals surface area contributed by atoms with E-state index >= 15 is 0 Å². The van der Waals surface area contributed by atoms with Crippen LogP contribution in [-0.2, 0) is 0 Å². The molecular formula is C4H7NO2. The molecule has 0 saturated carbocycles. The van der Waals surface area contributed by atoms with Crippen LogP contribution in [0.2, 0.25) is 0 Å². The van der Waals surface area contributed by atoms with Gasteiger partial charge in [-0.1, -0.05) is 6.08 Å². The van der Waals surface area contributed by atoms with Gasteiger partial charge in [0.05, 0.1) is 0 Å². The lowest BCUT2D eigenvalue weighted by Gasteiger charge is -1.83. The van der Waals surface area contributed by atoms with Crippen LogP contribution in [0, 0.1) is 0 Å². The number of hydrogen-bond acceptors (Lipinski definition) is 1. The molecule has 0 aromatic rings. The van der Waals surface area contributed by atoms with Crippen LogP contribution in [0.15, 0.2) is 12.3 Å². The Labute approximate surface area is 41.7 Å². The molecule has 0 fully saturated rings. The minimum absolute atomic E-state index is 1.03. The van der Waals surface area contributed by atoms with Gasteiger partial charge in [0.15, 0.2) is 0 Å². The van der Waals surface area contributed by atoms with E-state index in [2.05, 4.69) is 0 Å². The minimum atomic E-state index is -1.03. The summed E-state index contributed by atoms with van der Waals surface area (Å²) >= 11 is 0. The number of carbonyl (C=O) groups is 1. The highest BCUT2D eigenvalue weighted by molar-refractivity contribution is 5.65. The summed E-state index contributed by atoms with van der Waals surface area (Å²) in [7, 11) is 0. The summed E-state index contributed by atoms with van der Waals surface area (Å²) in [5.41, 5.74) is 0. The van der Waals surface area contributed by atoms with E-state index in [4.69, 9.17) is 5.11 Å². The molecule has 0 radical (unpaired) electrons. The largest absolute Gasteiger partial charge is 0.465 e. The Morgan fingerprint density at radius 2 is 2.43 bits per heavy atom. The average molecular weight is 101 g/mol. The topological polar surface area (TPSA) is 49.3 Å².